The summed E-state index contributed by atoms with van der Waals surface area (Å²) in [5, 5.41) is 2.36. The van der Waals surface area contributed by atoms with Gasteiger partial charge in [0.15, 0.2) is 0 Å². The summed E-state index contributed by atoms with van der Waals surface area (Å²) in [6, 6.07) is -0.279. The summed E-state index contributed by atoms with van der Waals surface area (Å²) in [6.45, 7) is 5.88. The molecule has 0 unspecified atom stereocenters. The van der Waals surface area contributed by atoms with E-state index in [1.165, 1.54) is 0 Å². The van der Waals surface area contributed by atoms with Gasteiger partial charge in [-0.2, -0.15) is 0 Å². The van der Waals surface area contributed by atoms with Crippen LogP contribution in [0.4, 0.5) is 4.79 Å². The third-order valence-electron chi connectivity index (χ3n) is 3.68. The third-order valence-corrected chi connectivity index (χ3v) is 3.87. The van der Waals surface area contributed by atoms with E-state index in [1.807, 2.05) is 0 Å². The van der Waals surface area contributed by atoms with Crippen molar-refractivity contribution in [2.75, 3.05) is 19.0 Å². The number of rotatable bonds is 3. The minimum atomic E-state index is -0.297. The molecule has 1 N–H and O–H groups in total. The van der Waals surface area contributed by atoms with Gasteiger partial charge in [-0.3, -0.25) is 10.1 Å². The van der Waals surface area contributed by atoms with Crippen LogP contribution in [0.3, 0.4) is 0 Å². The average Bonchev–Trinajstić information content (AvgIpc) is 2.30. The highest BCUT2D eigenvalue weighted by Gasteiger charge is 2.30. The van der Waals surface area contributed by atoms with Crippen LogP contribution < -0.4 is 5.32 Å². The van der Waals surface area contributed by atoms with Crippen LogP contribution in [0.25, 0.3) is 0 Å². The van der Waals surface area contributed by atoms with Gasteiger partial charge in [0.2, 0.25) is 5.91 Å². The SMILES string of the molecule is CCC1(C)CCN(C(=O)NC(=O)CCCl)CC1. The first kappa shape index (κ1) is 14.3. The number of nitrogens with one attached hydrogen (secondary N) is 1. The number of nitrogens with zero attached hydrogens (tertiary/aromatic N) is 1. The molecule has 1 fully saturated rings. The van der Waals surface area contributed by atoms with E-state index >= 15 is 0 Å². The first-order valence-corrected chi connectivity index (χ1v) is 6.69. The fourth-order valence-electron chi connectivity index (χ4n) is 1.95. The lowest BCUT2D eigenvalue weighted by molar-refractivity contribution is -0.119. The van der Waals surface area contributed by atoms with Crippen molar-refractivity contribution in [3.05, 3.63) is 0 Å². The topological polar surface area (TPSA) is 49.4 Å². The maximum absolute atomic E-state index is 11.7. The van der Waals surface area contributed by atoms with Crippen molar-refractivity contribution in [1.82, 2.24) is 10.2 Å². The van der Waals surface area contributed by atoms with E-state index in [2.05, 4.69) is 19.2 Å². The summed E-state index contributed by atoms with van der Waals surface area (Å²) >= 11 is 5.44. The number of carbonyl (C=O) groups is 2. The zero-order valence-corrected chi connectivity index (χ0v) is 11.3. The summed E-state index contributed by atoms with van der Waals surface area (Å²) in [5.41, 5.74) is 0.344. The second-order valence-electron chi connectivity index (χ2n) is 4.94. The molecular weight excluding hydrogens is 240 g/mol. The van der Waals surface area contributed by atoms with Crippen LogP contribution in [0.15, 0.2) is 0 Å². The molecule has 1 saturated heterocycles. The molecular formula is C12H21ClN2O2. The molecule has 1 rings (SSSR count). The van der Waals surface area contributed by atoms with Crippen molar-refractivity contribution in [2.24, 2.45) is 5.41 Å². The smallest absolute Gasteiger partial charge is 0.324 e. The second-order valence-corrected chi connectivity index (χ2v) is 5.32. The van der Waals surface area contributed by atoms with Gasteiger partial charge < -0.3 is 4.90 Å². The maximum Gasteiger partial charge on any atom is 0.324 e. The second kappa shape index (κ2) is 6.24. The molecule has 0 bridgehead atoms. The quantitative estimate of drug-likeness (QED) is 0.792. The lowest BCUT2D eigenvalue weighted by atomic mass is 9.78. The summed E-state index contributed by atoms with van der Waals surface area (Å²) in [6.07, 6.45) is 3.32. The molecule has 4 nitrogen and oxygen atoms in total. The van der Waals surface area contributed by atoms with E-state index < -0.39 is 0 Å². The lowest BCUT2D eigenvalue weighted by Crippen LogP contribution is -2.48. The molecule has 0 aromatic carbocycles. The first-order chi connectivity index (χ1) is 8.00. The standard InChI is InChI=1S/C12H21ClN2O2/c1-3-12(2)5-8-15(9-6-12)11(17)14-10(16)4-7-13/h3-9H2,1-2H3,(H,14,16,17). The number of imide groups is 1. The van der Waals surface area contributed by atoms with Crippen LogP contribution in [0, 0.1) is 5.41 Å². The molecule has 1 aliphatic rings. The highest BCUT2D eigenvalue weighted by Crippen LogP contribution is 2.33. The van der Waals surface area contributed by atoms with Crippen molar-refractivity contribution in [2.45, 2.75) is 39.5 Å². The van der Waals surface area contributed by atoms with E-state index in [-0.39, 0.29) is 24.2 Å². The van der Waals surface area contributed by atoms with Crippen LogP contribution in [-0.2, 0) is 4.79 Å². The predicted molar refractivity (Wildman–Crippen MR) is 68.1 cm³/mol. The van der Waals surface area contributed by atoms with Crippen molar-refractivity contribution in [1.29, 1.82) is 0 Å². The Balaban J connectivity index is 2.38. The molecule has 3 amide bonds. The fourth-order valence-corrected chi connectivity index (χ4v) is 2.12. The molecule has 98 valence electrons. The van der Waals surface area contributed by atoms with Crippen LogP contribution in [-0.4, -0.2) is 35.8 Å². The molecule has 5 heteroatoms. The Morgan fingerprint density at radius 3 is 2.41 bits per heavy atom. The third kappa shape index (κ3) is 4.19. The van der Waals surface area contributed by atoms with Gasteiger partial charge in [0.1, 0.15) is 0 Å². The summed E-state index contributed by atoms with van der Waals surface area (Å²) < 4.78 is 0. The van der Waals surface area contributed by atoms with Gasteiger partial charge in [-0.05, 0) is 18.3 Å². The van der Waals surface area contributed by atoms with Crippen molar-refractivity contribution in [3.8, 4) is 0 Å². The molecule has 0 aromatic heterocycles. The number of piperidine rings is 1. The molecule has 1 aliphatic heterocycles. The number of urea groups is 1. The van der Waals surface area contributed by atoms with Gasteiger partial charge in [0.25, 0.3) is 0 Å². The Hall–Kier alpha value is -0.770. The van der Waals surface area contributed by atoms with E-state index in [4.69, 9.17) is 11.6 Å². The van der Waals surface area contributed by atoms with Gasteiger partial charge in [0, 0.05) is 25.4 Å². The Morgan fingerprint density at radius 2 is 1.94 bits per heavy atom. The zero-order chi connectivity index (χ0) is 12.9. The number of likely N-dealkylation sites (tertiary alicyclic amines) is 1. The van der Waals surface area contributed by atoms with Crippen LogP contribution >= 0.6 is 11.6 Å². The minimum absolute atomic E-state index is 0.188. The fraction of sp³-hybridized carbons (Fsp3) is 0.833. The van der Waals surface area contributed by atoms with E-state index in [0.717, 1.165) is 32.4 Å². The largest absolute Gasteiger partial charge is 0.324 e. The molecule has 0 saturated carbocycles. The number of hydrogen-bond donors (Lipinski definition) is 1. The van der Waals surface area contributed by atoms with Crippen molar-refractivity contribution >= 4 is 23.5 Å². The molecule has 1 heterocycles. The highest BCUT2D eigenvalue weighted by molar-refractivity contribution is 6.19. The zero-order valence-electron chi connectivity index (χ0n) is 10.6. The summed E-state index contributed by atoms with van der Waals surface area (Å²) in [5.74, 6) is -0.0543. The molecule has 0 aliphatic carbocycles. The van der Waals surface area contributed by atoms with Gasteiger partial charge >= 0.3 is 6.03 Å². The summed E-state index contributed by atoms with van der Waals surface area (Å²) in [4.78, 5) is 24.7. The van der Waals surface area contributed by atoms with E-state index in [1.54, 1.807) is 4.90 Å². The van der Waals surface area contributed by atoms with Gasteiger partial charge in [-0.25, -0.2) is 4.79 Å². The Bertz CT molecular complexity index is 286. The Kier molecular flexibility index (Phi) is 5.25. The normalized spacial score (nSPS) is 18.9. The van der Waals surface area contributed by atoms with Gasteiger partial charge in [0.05, 0.1) is 0 Å². The predicted octanol–water partition coefficient (Wildman–Crippen LogP) is 2.36. The average molecular weight is 261 g/mol. The van der Waals surface area contributed by atoms with E-state index in [0.29, 0.717) is 5.41 Å². The number of amides is 3. The monoisotopic (exact) mass is 260 g/mol. The van der Waals surface area contributed by atoms with Gasteiger partial charge in [-0.1, -0.05) is 20.3 Å². The van der Waals surface area contributed by atoms with Crippen LogP contribution in [0.5, 0.6) is 0 Å². The lowest BCUT2D eigenvalue weighted by Gasteiger charge is -2.38. The molecule has 0 atom stereocenters. The number of carbonyl (C=O) groups excluding carboxylic acids is 2. The maximum atomic E-state index is 11.7. The van der Waals surface area contributed by atoms with Gasteiger partial charge in [-0.15, -0.1) is 11.6 Å². The van der Waals surface area contributed by atoms with Crippen LogP contribution in [0.1, 0.15) is 39.5 Å². The molecule has 0 spiro atoms. The molecule has 17 heavy (non-hydrogen) atoms. The van der Waals surface area contributed by atoms with E-state index in [9.17, 15) is 9.59 Å². The highest BCUT2D eigenvalue weighted by atomic mass is 35.5. The number of hydrogen-bond acceptors (Lipinski definition) is 2. The van der Waals surface area contributed by atoms with Crippen LogP contribution in [0.2, 0.25) is 0 Å². The number of halogens is 1. The Labute approximate surface area is 108 Å². The van der Waals surface area contributed by atoms with Crippen molar-refractivity contribution < 1.29 is 9.59 Å². The molecule has 0 aromatic rings. The van der Waals surface area contributed by atoms with Crippen molar-refractivity contribution in [3.63, 3.8) is 0 Å². The summed E-state index contributed by atoms with van der Waals surface area (Å²) in [7, 11) is 0. The number of alkyl halides is 1. The minimum Gasteiger partial charge on any atom is -0.324 e. The first-order valence-electron chi connectivity index (χ1n) is 6.15. The molecule has 0 radical (unpaired) electrons. The Morgan fingerprint density at radius 1 is 1.35 bits per heavy atom.